The third-order valence-corrected chi connectivity index (χ3v) is 5.11. The summed E-state index contributed by atoms with van der Waals surface area (Å²) in [7, 11) is 3.89. The van der Waals surface area contributed by atoms with Gasteiger partial charge < -0.3 is 15.5 Å². The van der Waals surface area contributed by atoms with Crippen LogP contribution in [-0.2, 0) is 24.1 Å². The maximum atomic E-state index is 12.5. The van der Waals surface area contributed by atoms with Crippen molar-refractivity contribution < 1.29 is 4.79 Å². The Balaban J connectivity index is 1.86. The van der Waals surface area contributed by atoms with Crippen LogP contribution in [0.3, 0.4) is 0 Å². The summed E-state index contributed by atoms with van der Waals surface area (Å²) < 4.78 is 0. The number of hydrogen-bond acceptors (Lipinski definition) is 6. The molecule has 0 fully saturated rings. The Kier molecular flexibility index (Phi) is 7.02. The highest BCUT2D eigenvalue weighted by molar-refractivity contribution is 5.82. The van der Waals surface area contributed by atoms with E-state index in [4.69, 9.17) is 9.97 Å². The molecule has 0 aromatic carbocycles. The number of aromatic nitrogens is 3. The zero-order valence-electron chi connectivity index (χ0n) is 18.9. The monoisotopic (exact) mass is 410 g/mol. The third-order valence-electron chi connectivity index (χ3n) is 5.11. The first-order valence-corrected chi connectivity index (χ1v) is 10.8. The number of aryl methyl sites for hydroxylation is 2. The fourth-order valence-electron chi connectivity index (χ4n) is 3.81. The van der Waals surface area contributed by atoms with Crippen molar-refractivity contribution in [2.24, 2.45) is 0 Å². The lowest BCUT2D eigenvalue weighted by Gasteiger charge is -2.25. The minimum absolute atomic E-state index is 0.0124. The van der Waals surface area contributed by atoms with Crippen LogP contribution in [0.4, 0.5) is 5.82 Å². The van der Waals surface area contributed by atoms with Gasteiger partial charge in [0.25, 0.3) is 0 Å². The number of anilines is 1. The smallest absolute Gasteiger partial charge is 0.239 e. The van der Waals surface area contributed by atoms with Crippen LogP contribution in [0, 0.1) is 0 Å². The molecule has 7 nitrogen and oxygen atoms in total. The first-order chi connectivity index (χ1) is 14.3. The van der Waals surface area contributed by atoms with Crippen molar-refractivity contribution in [2.75, 3.05) is 32.1 Å². The summed E-state index contributed by atoms with van der Waals surface area (Å²) in [5.41, 5.74) is 4.02. The molecule has 2 aromatic heterocycles. The molecule has 0 aliphatic heterocycles. The molecular formula is C23H34N6O. The minimum atomic E-state index is -0.256. The predicted molar refractivity (Wildman–Crippen MR) is 121 cm³/mol. The van der Waals surface area contributed by atoms with Gasteiger partial charge in [0.1, 0.15) is 11.5 Å². The van der Waals surface area contributed by atoms with Gasteiger partial charge in [0.15, 0.2) is 5.82 Å². The average molecular weight is 411 g/mol. The molecule has 162 valence electrons. The minimum Gasteiger partial charge on any atom is -0.350 e. The Morgan fingerprint density at radius 1 is 1.23 bits per heavy atom. The zero-order valence-corrected chi connectivity index (χ0v) is 18.9. The van der Waals surface area contributed by atoms with Crippen molar-refractivity contribution in [3.63, 3.8) is 0 Å². The van der Waals surface area contributed by atoms with Crippen molar-refractivity contribution in [1.29, 1.82) is 0 Å². The molecule has 1 amide bonds. The first-order valence-electron chi connectivity index (χ1n) is 10.8. The van der Waals surface area contributed by atoms with E-state index in [0.717, 1.165) is 61.4 Å². The van der Waals surface area contributed by atoms with Crippen LogP contribution >= 0.6 is 0 Å². The highest BCUT2D eigenvalue weighted by Gasteiger charge is 2.24. The standard InChI is InChI=1S/C23H34N6O/c1-23(2,3)28-20(30)15-29(5)22-17-9-6-10-18(17)26-21(27-22)19-14-16(11-13-25-19)8-7-12-24-4/h11,13-14,24H,6-10,12,15H2,1-5H3,(H,28,30). The Bertz CT molecular complexity index is 890. The number of carbonyl (C=O) groups excluding carboxylic acids is 1. The maximum absolute atomic E-state index is 12.5. The highest BCUT2D eigenvalue weighted by atomic mass is 16.2. The SMILES string of the molecule is CNCCCc1ccnc(-c2nc3c(c(N(C)CC(=O)NC(C)(C)C)n2)CCC3)c1. The Labute approximate surface area is 179 Å². The molecule has 0 unspecified atom stereocenters. The van der Waals surface area contributed by atoms with Crippen molar-refractivity contribution in [2.45, 2.75) is 58.4 Å². The number of carbonyl (C=O) groups is 1. The fraction of sp³-hybridized carbons (Fsp3) is 0.565. The molecular weight excluding hydrogens is 376 g/mol. The quantitative estimate of drug-likeness (QED) is 0.651. The maximum Gasteiger partial charge on any atom is 0.239 e. The van der Waals surface area contributed by atoms with Crippen LogP contribution in [-0.4, -0.2) is 53.6 Å². The van der Waals surface area contributed by atoms with Gasteiger partial charge in [-0.25, -0.2) is 9.97 Å². The number of nitrogens with zero attached hydrogens (tertiary/aromatic N) is 4. The van der Waals surface area contributed by atoms with Crippen LogP contribution in [0.2, 0.25) is 0 Å². The van der Waals surface area contributed by atoms with Gasteiger partial charge in [0.2, 0.25) is 5.91 Å². The summed E-state index contributed by atoms with van der Waals surface area (Å²) in [6.07, 6.45) is 6.86. The number of hydrogen-bond donors (Lipinski definition) is 2. The Morgan fingerprint density at radius 2 is 2.03 bits per heavy atom. The van der Waals surface area contributed by atoms with E-state index in [2.05, 4.69) is 27.8 Å². The highest BCUT2D eigenvalue weighted by Crippen LogP contribution is 2.30. The summed E-state index contributed by atoms with van der Waals surface area (Å²) in [4.78, 5) is 28.6. The lowest BCUT2D eigenvalue weighted by Crippen LogP contribution is -2.45. The lowest BCUT2D eigenvalue weighted by molar-refractivity contribution is -0.121. The second kappa shape index (κ2) is 9.51. The molecule has 2 aromatic rings. The van der Waals surface area contributed by atoms with Crippen LogP contribution in [0.15, 0.2) is 18.3 Å². The van der Waals surface area contributed by atoms with E-state index in [0.29, 0.717) is 5.82 Å². The van der Waals surface area contributed by atoms with Crippen molar-refractivity contribution in [3.8, 4) is 11.5 Å². The van der Waals surface area contributed by atoms with E-state index >= 15 is 0 Å². The first kappa shape index (κ1) is 22.2. The third kappa shape index (κ3) is 5.75. The van der Waals surface area contributed by atoms with Gasteiger partial charge in [-0.2, -0.15) is 0 Å². The fourth-order valence-corrected chi connectivity index (χ4v) is 3.81. The lowest BCUT2D eigenvalue weighted by atomic mass is 10.1. The summed E-state index contributed by atoms with van der Waals surface area (Å²) in [5.74, 6) is 1.48. The molecule has 1 aliphatic rings. The van der Waals surface area contributed by atoms with E-state index in [9.17, 15) is 4.79 Å². The Morgan fingerprint density at radius 3 is 2.77 bits per heavy atom. The van der Waals surface area contributed by atoms with E-state index in [1.807, 2.05) is 46.0 Å². The van der Waals surface area contributed by atoms with E-state index < -0.39 is 0 Å². The van der Waals surface area contributed by atoms with Gasteiger partial charge >= 0.3 is 0 Å². The topological polar surface area (TPSA) is 83.0 Å². The number of rotatable bonds is 8. The zero-order chi connectivity index (χ0) is 21.7. The molecule has 0 spiro atoms. The second-order valence-corrected chi connectivity index (χ2v) is 9.06. The number of nitrogens with one attached hydrogen (secondary N) is 2. The van der Waals surface area contributed by atoms with Gasteiger partial charge in [0, 0.05) is 30.0 Å². The normalized spacial score (nSPS) is 13.2. The number of fused-ring (bicyclic) bond motifs is 1. The number of pyridine rings is 1. The summed E-state index contributed by atoms with van der Waals surface area (Å²) >= 11 is 0. The summed E-state index contributed by atoms with van der Waals surface area (Å²) in [6, 6.07) is 4.14. The average Bonchev–Trinajstić information content (AvgIpc) is 3.14. The summed E-state index contributed by atoms with van der Waals surface area (Å²) in [6.45, 7) is 7.21. The van der Waals surface area contributed by atoms with Crippen molar-refractivity contribution >= 4 is 11.7 Å². The molecule has 7 heteroatoms. The molecule has 0 radical (unpaired) electrons. The van der Waals surface area contributed by atoms with Gasteiger partial charge in [0.05, 0.1) is 6.54 Å². The molecule has 30 heavy (non-hydrogen) atoms. The van der Waals surface area contributed by atoms with Crippen LogP contribution in [0.1, 0.15) is 50.4 Å². The molecule has 0 bridgehead atoms. The number of likely N-dealkylation sites (N-methyl/N-ethyl adjacent to an activating group) is 1. The molecule has 3 rings (SSSR count). The van der Waals surface area contributed by atoms with Gasteiger partial charge in [-0.3, -0.25) is 9.78 Å². The van der Waals surface area contributed by atoms with Gasteiger partial charge in [-0.05, 0) is 84.2 Å². The predicted octanol–water partition coefficient (Wildman–Crippen LogP) is 2.53. The molecule has 0 saturated carbocycles. The largest absolute Gasteiger partial charge is 0.350 e. The molecule has 0 saturated heterocycles. The number of amides is 1. The molecule has 2 heterocycles. The van der Waals surface area contributed by atoms with E-state index in [-0.39, 0.29) is 18.0 Å². The van der Waals surface area contributed by atoms with E-state index in [1.54, 1.807) is 0 Å². The van der Waals surface area contributed by atoms with Gasteiger partial charge in [-0.1, -0.05) is 0 Å². The van der Waals surface area contributed by atoms with Crippen molar-refractivity contribution in [3.05, 3.63) is 35.2 Å². The molecule has 0 atom stereocenters. The van der Waals surface area contributed by atoms with Crippen LogP contribution < -0.4 is 15.5 Å². The molecule has 2 N–H and O–H groups in total. The summed E-state index contributed by atoms with van der Waals surface area (Å²) in [5, 5.41) is 6.21. The van der Waals surface area contributed by atoms with Crippen LogP contribution in [0.25, 0.3) is 11.5 Å². The molecule has 1 aliphatic carbocycles. The second-order valence-electron chi connectivity index (χ2n) is 9.06. The van der Waals surface area contributed by atoms with Crippen LogP contribution in [0.5, 0.6) is 0 Å². The Hall–Kier alpha value is -2.54. The van der Waals surface area contributed by atoms with Crippen molar-refractivity contribution in [1.82, 2.24) is 25.6 Å². The van der Waals surface area contributed by atoms with Gasteiger partial charge in [-0.15, -0.1) is 0 Å². The van der Waals surface area contributed by atoms with E-state index in [1.165, 1.54) is 5.56 Å².